The van der Waals surface area contributed by atoms with E-state index in [-0.39, 0.29) is 11.5 Å². The number of aromatic nitrogens is 1. The Bertz CT molecular complexity index is 1230. The van der Waals surface area contributed by atoms with Crippen LogP contribution in [0.1, 0.15) is 29.9 Å². The van der Waals surface area contributed by atoms with E-state index < -0.39 is 20.7 Å². The molecule has 0 unspecified atom stereocenters. The van der Waals surface area contributed by atoms with Crippen LogP contribution in [0.5, 0.6) is 0 Å². The van der Waals surface area contributed by atoms with Gasteiger partial charge in [0.2, 0.25) is 0 Å². The molecule has 0 aliphatic carbocycles. The number of aryl methyl sites for hydroxylation is 2. The van der Waals surface area contributed by atoms with Gasteiger partial charge < -0.3 is 10.4 Å². The molecule has 8 nitrogen and oxygen atoms in total. The second kappa shape index (κ2) is 11.5. The molecule has 0 spiro atoms. The van der Waals surface area contributed by atoms with E-state index >= 15 is 0 Å². The van der Waals surface area contributed by atoms with E-state index in [1.165, 1.54) is 28.7 Å². The molecule has 1 heterocycles. The molecule has 0 aliphatic rings. The Hall–Kier alpha value is -2.31. The summed E-state index contributed by atoms with van der Waals surface area (Å²) < 4.78 is 40.8. The lowest BCUT2D eigenvalue weighted by molar-refractivity contribution is 0.286. The van der Waals surface area contributed by atoms with Crippen LogP contribution in [-0.2, 0) is 40.2 Å². The number of anilines is 2. The van der Waals surface area contributed by atoms with Crippen molar-refractivity contribution in [1.29, 1.82) is 0 Å². The molecule has 3 aromatic rings. The lowest BCUT2D eigenvalue weighted by Crippen LogP contribution is -1.97. The summed E-state index contributed by atoms with van der Waals surface area (Å²) in [6.07, 6.45) is 3.13. The number of nitrogens with one attached hydrogen (secondary N) is 1. The smallest absolute Gasteiger partial charge is 0.198 e. The monoisotopic (exact) mass is 497 g/mol. The first-order valence-corrected chi connectivity index (χ1v) is 13.7. The van der Waals surface area contributed by atoms with E-state index in [2.05, 4.69) is 47.5 Å². The fourth-order valence-corrected chi connectivity index (χ4v) is 4.59. The maximum atomic E-state index is 11.6. The molecule has 3 rings (SSSR count). The summed E-state index contributed by atoms with van der Waals surface area (Å²) in [5, 5.41) is 17.7. The van der Waals surface area contributed by atoms with E-state index in [0.717, 1.165) is 34.7 Å². The van der Waals surface area contributed by atoms with Crippen LogP contribution in [0.25, 0.3) is 11.3 Å². The molecule has 0 saturated carbocycles. The molecule has 0 aliphatic heterocycles. The van der Waals surface area contributed by atoms with Crippen molar-refractivity contribution in [3.63, 3.8) is 0 Å². The van der Waals surface area contributed by atoms with E-state index in [4.69, 9.17) is 8.42 Å². The van der Waals surface area contributed by atoms with Crippen LogP contribution in [0.2, 0.25) is 0 Å². The third kappa shape index (κ3) is 7.10. The van der Waals surface area contributed by atoms with E-state index in [1.807, 2.05) is 0 Å². The van der Waals surface area contributed by atoms with Crippen LogP contribution in [0, 0.1) is 0 Å². The SMILES string of the molecule is CCc1ccc(-c2nc(Nc3ccc(S(C)(=O)=O)cc3)sc2CO)cc1CC.N[SH](=O)=O. The van der Waals surface area contributed by atoms with Crippen LogP contribution >= 0.6 is 11.3 Å². The topological polar surface area (TPSA) is 139 Å². The number of aliphatic hydroxyl groups excluding tert-OH is 1. The van der Waals surface area contributed by atoms with Gasteiger partial charge in [-0.2, -0.15) is 0 Å². The maximum absolute atomic E-state index is 11.6. The summed E-state index contributed by atoms with van der Waals surface area (Å²) >= 11 is 1.39. The number of rotatable bonds is 7. The predicted octanol–water partition coefficient (Wildman–Crippen LogP) is 3.05. The molecule has 0 fully saturated rings. The minimum absolute atomic E-state index is 0.0846. The largest absolute Gasteiger partial charge is 0.391 e. The lowest BCUT2D eigenvalue weighted by Gasteiger charge is -2.08. The zero-order valence-corrected chi connectivity index (χ0v) is 20.6. The third-order valence-corrected chi connectivity index (χ3v) is 6.70. The highest BCUT2D eigenvalue weighted by Crippen LogP contribution is 2.34. The number of hydrogen-bond donors (Lipinski definition) is 4. The number of benzene rings is 2. The van der Waals surface area contributed by atoms with Gasteiger partial charge in [-0.1, -0.05) is 37.3 Å². The van der Waals surface area contributed by atoms with E-state index in [1.54, 1.807) is 24.3 Å². The predicted molar refractivity (Wildman–Crippen MR) is 130 cm³/mol. The highest BCUT2D eigenvalue weighted by atomic mass is 32.2. The van der Waals surface area contributed by atoms with E-state index in [9.17, 15) is 13.5 Å². The first-order valence-electron chi connectivity index (χ1n) is 9.78. The molecule has 0 bridgehead atoms. The minimum Gasteiger partial charge on any atom is -0.391 e. The number of sulfone groups is 1. The Labute approximate surface area is 194 Å². The summed E-state index contributed by atoms with van der Waals surface area (Å²) in [5.74, 6) is 0. The average Bonchev–Trinajstić information content (AvgIpc) is 3.15. The van der Waals surface area contributed by atoms with Gasteiger partial charge in [0.15, 0.2) is 25.9 Å². The summed E-state index contributed by atoms with van der Waals surface area (Å²) in [4.78, 5) is 5.75. The fraction of sp³-hybridized carbons (Fsp3) is 0.286. The summed E-state index contributed by atoms with van der Waals surface area (Å²) in [5.41, 5.74) is 5.14. The quantitative estimate of drug-likeness (QED) is 0.368. The van der Waals surface area contributed by atoms with Crippen LogP contribution in [0.15, 0.2) is 47.4 Å². The number of thiol groups is 1. The van der Waals surface area contributed by atoms with Gasteiger partial charge in [0.1, 0.15) is 0 Å². The molecule has 0 atom stereocenters. The van der Waals surface area contributed by atoms with E-state index in [0.29, 0.717) is 5.13 Å². The second-order valence-corrected chi connectivity index (χ2v) is 10.5. The average molecular weight is 498 g/mol. The molecule has 1 aromatic heterocycles. The first-order chi connectivity index (χ1) is 15.1. The molecule has 32 heavy (non-hydrogen) atoms. The molecule has 11 heteroatoms. The van der Waals surface area contributed by atoms with Crippen molar-refractivity contribution in [2.24, 2.45) is 5.14 Å². The number of hydrogen-bond acceptors (Lipinski definition) is 8. The first kappa shape index (κ1) is 25.9. The van der Waals surface area contributed by atoms with Gasteiger partial charge in [0, 0.05) is 17.5 Å². The number of thiazole rings is 1. The molecule has 174 valence electrons. The molecular formula is C21H27N3O5S3. The number of nitrogens with two attached hydrogens (primary N) is 1. The van der Waals surface area contributed by atoms with Crippen molar-refractivity contribution < 1.29 is 21.9 Å². The van der Waals surface area contributed by atoms with Crippen LogP contribution in [-0.4, -0.2) is 33.2 Å². The van der Waals surface area contributed by atoms with Crippen LogP contribution in [0.4, 0.5) is 10.8 Å². The zero-order valence-electron chi connectivity index (χ0n) is 18.0. The summed E-state index contributed by atoms with van der Waals surface area (Å²) in [7, 11) is -5.84. The van der Waals surface area contributed by atoms with Gasteiger partial charge in [-0.3, -0.25) is 0 Å². The number of aliphatic hydroxyl groups is 1. The Balaban J connectivity index is 0.000000837. The summed E-state index contributed by atoms with van der Waals surface area (Å²) in [6, 6.07) is 12.9. The zero-order chi connectivity index (χ0) is 23.9. The Morgan fingerprint density at radius 2 is 1.66 bits per heavy atom. The van der Waals surface area contributed by atoms with Gasteiger partial charge >= 0.3 is 0 Å². The van der Waals surface area contributed by atoms with Gasteiger partial charge in [0.25, 0.3) is 0 Å². The van der Waals surface area contributed by atoms with Gasteiger partial charge in [-0.15, -0.1) is 0 Å². The van der Waals surface area contributed by atoms with Crippen molar-refractivity contribution in [2.45, 2.75) is 38.2 Å². The molecular weight excluding hydrogens is 470 g/mol. The van der Waals surface area contributed by atoms with Crippen molar-refractivity contribution in [3.05, 3.63) is 58.5 Å². The third-order valence-electron chi connectivity index (χ3n) is 4.62. The Morgan fingerprint density at radius 3 is 2.16 bits per heavy atom. The Kier molecular flexibility index (Phi) is 9.34. The van der Waals surface area contributed by atoms with Crippen LogP contribution < -0.4 is 10.5 Å². The minimum atomic E-state index is -3.22. The van der Waals surface area contributed by atoms with Gasteiger partial charge in [-0.05, 0) is 54.3 Å². The lowest BCUT2D eigenvalue weighted by atomic mass is 9.98. The highest BCUT2D eigenvalue weighted by molar-refractivity contribution is 7.90. The summed E-state index contributed by atoms with van der Waals surface area (Å²) in [6.45, 7) is 4.20. The van der Waals surface area contributed by atoms with Gasteiger partial charge in [0.05, 0.1) is 22.1 Å². The Morgan fingerprint density at radius 1 is 1.06 bits per heavy atom. The van der Waals surface area contributed by atoms with Crippen molar-refractivity contribution >= 4 is 42.9 Å². The molecule has 0 radical (unpaired) electrons. The molecule has 2 aromatic carbocycles. The fourth-order valence-electron chi connectivity index (χ4n) is 3.09. The highest BCUT2D eigenvalue weighted by Gasteiger charge is 2.14. The van der Waals surface area contributed by atoms with Crippen molar-refractivity contribution in [1.82, 2.24) is 4.98 Å². The normalized spacial score (nSPS) is 11.2. The maximum Gasteiger partial charge on any atom is 0.198 e. The molecule has 0 amide bonds. The molecule has 4 N–H and O–H groups in total. The van der Waals surface area contributed by atoms with Crippen molar-refractivity contribution in [3.8, 4) is 11.3 Å². The molecule has 0 saturated heterocycles. The second-order valence-electron chi connectivity index (χ2n) is 6.85. The van der Waals surface area contributed by atoms with Crippen LogP contribution in [0.3, 0.4) is 0 Å². The van der Waals surface area contributed by atoms with Crippen molar-refractivity contribution in [2.75, 3.05) is 11.6 Å². The van der Waals surface area contributed by atoms with Gasteiger partial charge in [-0.25, -0.2) is 27.0 Å². The number of nitrogens with zero attached hydrogens (tertiary/aromatic N) is 1. The standard InChI is InChI=1S/C21H24N2O3S2.H3NO2S/c1-4-14-6-7-16(12-15(14)5-2)20-19(13-24)27-21(23-20)22-17-8-10-18(11-9-17)28(3,25)26;1-4(2)3/h6-12,24H,4-5,13H2,1-3H3,(H,22,23);4H,(H2,1,2,3).